The summed E-state index contributed by atoms with van der Waals surface area (Å²) < 4.78 is 5.10. The molecule has 0 aliphatic heterocycles. The van der Waals surface area contributed by atoms with Crippen LogP contribution in [0.15, 0.2) is 0 Å². The van der Waals surface area contributed by atoms with E-state index in [9.17, 15) is 5.11 Å². The lowest BCUT2D eigenvalue weighted by Crippen LogP contribution is -2.38. The maximum atomic E-state index is 9.91. The van der Waals surface area contributed by atoms with Crippen molar-refractivity contribution in [3.8, 4) is 0 Å². The van der Waals surface area contributed by atoms with Crippen LogP contribution in [0.3, 0.4) is 0 Å². The second-order valence-corrected chi connectivity index (χ2v) is 4.17. The second-order valence-electron chi connectivity index (χ2n) is 4.17. The highest BCUT2D eigenvalue weighted by Gasteiger charge is 2.27. The van der Waals surface area contributed by atoms with Crippen LogP contribution in [0.5, 0.6) is 0 Å². The van der Waals surface area contributed by atoms with Gasteiger partial charge in [-0.2, -0.15) is 0 Å². The summed E-state index contributed by atoms with van der Waals surface area (Å²) in [6.07, 6.45) is 1.76. The first kappa shape index (κ1) is 11.9. The monoisotopic (exact) mass is 174 g/mol. The van der Waals surface area contributed by atoms with E-state index in [1.807, 2.05) is 13.8 Å². The van der Waals surface area contributed by atoms with E-state index < -0.39 is 5.60 Å². The van der Waals surface area contributed by atoms with Gasteiger partial charge in [-0.1, -0.05) is 13.8 Å². The zero-order valence-electron chi connectivity index (χ0n) is 8.92. The van der Waals surface area contributed by atoms with Crippen LogP contribution in [0.2, 0.25) is 0 Å². The number of aliphatic hydroxyl groups is 1. The molecular weight excluding hydrogens is 152 g/mol. The molecule has 2 heteroatoms. The van der Waals surface area contributed by atoms with Crippen LogP contribution >= 0.6 is 0 Å². The molecule has 0 aliphatic carbocycles. The van der Waals surface area contributed by atoms with E-state index in [-0.39, 0.29) is 6.10 Å². The van der Waals surface area contributed by atoms with Crippen molar-refractivity contribution in [3.63, 3.8) is 0 Å². The number of methoxy groups -OCH3 is 1. The number of rotatable bonds is 5. The van der Waals surface area contributed by atoms with Gasteiger partial charge in [-0.15, -0.1) is 0 Å². The minimum Gasteiger partial charge on any atom is -0.387 e. The molecule has 0 radical (unpaired) electrons. The van der Waals surface area contributed by atoms with Crippen molar-refractivity contribution in [2.75, 3.05) is 7.11 Å². The SMILES string of the molecule is COC(C)C(C)(O)CCC(C)C. The molecule has 0 amide bonds. The molecular formula is C10H22O2. The molecule has 0 fully saturated rings. The average molecular weight is 174 g/mol. The summed E-state index contributed by atoms with van der Waals surface area (Å²) in [7, 11) is 1.63. The van der Waals surface area contributed by atoms with E-state index in [0.717, 1.165) is 12.8 Å². The zero-order valence-corrected chi connectivity index (χ0v) is 8.92. The number of hydrogen-bond donors (Lipinski definition) is 1. The van der Waals surface area contributed by atoms with Crippen molar-refractivity contribution >= 4 is 0 Å². The van der Waals surface area contributed by atoms with Crippen LogP contribution in [-0.4, -0.2) is 23.9 Å². The molecule has 74 valence electrons. The summed E-state index contributed by atoms with van der Waals surface area (Å²) in [5.74, 6) is 0.639. The summed E-state index contributed by atoms with van der Waals surface area (Å²) in [4.78, 5) is 0. The third-order valence-corrected chi connectivity index (χ3v) is 2.46. The van der Waals surface area contributed by atoms with Gasteiger partial charge in [0.25, 0.3) is 0 Å². The fourth-order valence-electron chi connectivity index (χ4n) is 1.04. The van der Waals surface area contributed by atoms with Crippen molar-refractivity contribution in [3.05, 3.63) is 0 Å². The quantitative estimate of drug-likeness (QED) is 0.692. The van der Waals surface area contributed by atoms with E-state index in [4.69, 9.17) is 4.74 Å². The first-order chi connectivity index (χ1) is 5.40. The molecule has 0 spiro atoms. The van der Waals surface area contributed by atoms with Crippen molar-refractivity contribution in [1.29, 1.82) is 0 Å². The van der Waals surface area contributed by atoms with Gasteiger partial charge in [-0.05, 0) is 32.6 Å². The van der Waals surface area contributed by atoms with Crippen molar-refractivity contribution < 1.29 is 9.84 Å². The van der Waals surface area contributed by atoms with Gasteiger partial charge in [0, 0.05) is 7.11 Å². The van der Waals surface area contributed by atoms with Gasteiger partial charge >= 0.3 is 0 Å². The van der Waals surface area contributed by atoms with Gasteiger partial charge in [0.05, 0.1) is 11.7 Å². The highest BCUT2D eigenvalue weighted by molar-refractivity contribution is 4.79. The van der Waals surface area contributed by atoms with E-state index in [0.29, 0.717) is 5.92 Å². The van der Waals surface area contributed by atoms with Gasteiger partial charge in [-0.25, -0.2) is 0 Å². The van der Waals surface area contributed by atoms with Gasteiger partial charge in [0.2, 0.25) is 0 Å². The van der Waals surface area contributed by atoms with Crippen LogP contribution in [0.1, 0.15) is 40.5 Å². The van der Waals surface area contributed by atoms with Crippen molar-refractivity contribution in [1.82, 2.24) is 0 Å². The Hall–Kier alpha value is -0.0800. The third-order valence-electron chi connectivity index (χ3n) is 2.46. The molecule has 2 nitrogen and oxygen atoms in total. The Bertz CT molecular complexity index is 119. The first-order valence-corrected chi connectivity index (χ1v) is 4.65. The molecule has 0 rings (SSSR count). The van der Waals surface area contributed by atoms with Crippen LogP contribution in [0.25, 0.3) is 0 Å². The Morgan fingerprint density at radius 3 is 2.17 bits per heavy atom. The number of ether oxygens (including phenoxy) is 1. The predicted octanol–water partition coefficient (Wildman–Crippen LogP) is 2.21. The Balaban J connectivity index is 3.86. The highest BCUT2D eigenvalue weighted by atomic mass is 16.5. The molecule has 0 aromatic rings. The van der Waals surface area contributed by atoms with Crippen molar-refractivity contribution in [2.45, 2.75) is 52.2 Å². The van der Waals surface area contributed by atoms with Crippen LogP contribution < -0.4 is 0 Å². The Labute approximate surface area is 75.9 Å². The largest absolute Gasteiger partial charge is 0.387 e. The van der Waals surface area contributed by atoms with Crippen molar-refractivity contribution in [2.24, 2.45) is 5.92 Å². The molecule has 0 aliphatic rings. The number of hydrogen-bond acceptors (Lipinski definition) is 2. The summed E-state index contributed by atoms with van der Waals surface area (Å²) in [6, 6.07) is 0. The van der Waals surface area contributed by atoms with E-state index in [2.05, 4.69) is 13.8 Å². The summed E-state index contributed by atoms with van der Waals surface area (Å²) in [5.41, 5.74) is -0.682. The first-order valence-electron chi connectivity index (χ1n) is 4.65. The molecule has 1 N–H and O–H groups in total. The molecule has 2 atom stereocenters. The molecule has 0 aromatic heterocycles. The summed E-state index contributed by atoms with van der Waals surface area (Å²) in [6.45, 7) is 8.06. The van der Waals surface area contributed by atoms with Crippen LogP contribution in [-0.2, 0) is 4.74 Å². The zero-order chi connectivity index (χ0) is 9.78. The van der Waals surface area contributed by atoms with Gasteiger partial charge in [-0.3, -0.25) is 0 Å². The van der Waals surface area contributed by atoms with Gasteiger partial charge in [0.1, 0.15) is 0 Å². The lowest BCUT2D eigenvalue weighted by atomic mass is 9.91. The molecule has 0 bridgehead atoms. The maximum Gasteiger partial charge on any atom is 0.0877 e. The Kier molecular flexibility index (Phi) is 4.80. The Morgan fingerprint density at radius 2 is 1.83 bits per heavy atom. The predicted molar refractivity (Wildman–Crippen MR) is 51.2 cm³/mol. The van der Waals surface area contributed by atoms with Gasteiger partial charge in [0.15, 0.2) is 0 Å². The lowest BCUT2D eigenvalue weighted by Gasteiger charge is -2.29. The fraction of sp³-hybridized carbons (Fsp3) is 1.00. The van der Waals surface area contributed by atoms with Gasteiger partial charge < -0.3 is 9.84 Å². The van der Waals surface area contributed by atoms with E-state index in [1.165, 1.54) is 0 Å². The van der Waals surface area contributed by atoms with Crippen LogP contribution in [0.4, 0.5) is 0 Å². The summed E-state index contributed by atoms with van der Waals surface area (Å²) in [5, 5.41) is 9.91. The fourth-order valence-corrected chi connectivity index (χ4v) is 1.04. The Morgan fingerprint density at radius 1 is 1.33 bits per heavy atom. The molecule has 0 saturated carbocycles. The lowest BCUT2D eigenvalue weighted by molar-refractivity contribution is -0.0792. The minimum atomic E-state index is -0.682. The topological polar surface area (TPSA) is 29.5 Å². The summed E-state index contributed by atoms with van der Waals surface area (Å²) >= 11 is 0. The highest BCUT2D eigenvalue weighted by Crippen LogP contribution is 2.21. The minimum absolute atomic E-state index is 0.0868. The molecule has 2 unspecified atom stereocenters. The standard InChI is InChI=1S/C10H22O2/c1-8(2)6-7-10(4,11)9(3)12-5/h8-9,11H,6-7H2,1-5H3. The van der Waals surface area contributed by atoms with E-state index >= 15 is 0 Å². The smallest absolute Gasteiger partial charge is 0.0877 e. The van der Waals surface area contributed by atoms with Crippen LogP contribution in [0, 0.1) is 5.92 Å². The van der Waals surface area contributed by atoms with E-state index in [1.54, 1.807) is 7.11 Å². The molecule has 12 heavy (non-hydrogen) atoms. The maximum absolute atomic E-state index is 9.91. The molecule has 0 saturated heterocycles. The molecule has 0 heterocycles. The third kappa shape index (κ3) is 4.07. The molecule has 0 aromatic carbocycles. The normalized spacial score (nSPS) is 19.2. The average Bonchev–Trinajstić information content (AvgIpc) is 1.99. The second kappa shape index (κ2) is 4.83.